The Labute approximate surface area is 133 Å². The molecule has 116 valence electrons. The van der Waals surface area contributed by atoms with Gasteiger partial charge in [-0.1, -0.05) is 29.8 Å². The van der Waals surface area contributed by atoms with Crippen LogP contribution in [0.2, 0.25) is 5.02 Å². The Balaban J connectivity index is 2.09. The molecule has 0 unspecified atom stereocenters. The third kappa shape index (κ3) is 4.38. The van der Waals surface area contributed by atoms with Crippen LogP contribution in [0.1, 0.15) is 5.56 Å². The largest absolute Gasteiger partial charge is 0.497 e. The van der Waals surface area contributed by atoms with E-state index in [1.165, 1.54) is 7.11 Å². The molecule has 0 atom stereocenters. The zero-order valence-corrected chi connectivity index (χ0v) is 12.9. The van der Waals surface area contributed by atoms with Crippen LogP contribution in [0.3, 0.4) is 0 Å². The fourth-order valence-corrected chi connectivity index (χ4v) is 2.24. The van der Waals surface area contributed by atoms with Crippen molar-refractivity contribution in [1.82, 2.24) is 0 Å². The van der Waals surface area contributed by atoms with Crippen molar-refractivity contribution < 1.29 is 14.6 Å². The molecule has 0 saturated heterocycles. The molecule has 2 rings (SSSR count). The molecule has 6 heteroatoms. The highest BCUT2D eigenvalue weighted by molar-refractivity contribution is 6.31. The third-order valence-electron chi connectivity index (χ3n) is 3.01. The summed E-state index contributed by atoms with van der Waals surface area (Å²) in [6.45, 7) is 0.0196. The Kier molecular flexibility index (Phi) is 5.63. The first kappa shape index (κ1) is 16.1. The summed E-state index contributed by atoms with van der Waals surface area (Å²) < 4.78 is 5.10. The second-order valence-electron chi connectivity index (χ2n) is 4.59. The van der Waals surface area contributed by atoms with Gasteiger partial charge in [0.2, 0.25) is 0 Å². The molecule has 0 aliphatic heterocycles. The van der Waals surface area contributed by atoms with Crippen LogP contribution >= 0.6 is 11.6 Å². The molecule has 3 N–H and O–H groups in total. The molecule has 0 heterocycles. The summed E-state index contributed by atoms with van der Waals surface area (Å²) in [7, 11) is 1.53. The van der Waals surface area contributed by atoms with E-state index < -0.39 is 6.03 Å². The molecular weight excluding hydrogens is 304 g/mol. The van der Waals surface area contributed by atoms with Gasteiger partial charge in [-0.05, 0) is 30.2 Å². The van der Waals surface area contributed by atoms with Gasteiger partial charge in [0.25, 0.3) is 0 Å². The van der Waals surface area contributed by atoms with Crippen molar-refractivity contribution in [3.8, 4) is 5.75 Å². The monoisotopic (exact) mass is 320 g/mol. The second kappa shape index (κ2) is 7.68. The van der Waals surface area contributed by atoms with Gasteiger partial charge < -0.3 is 20.5 Å². The van der Waals surface area contributed by atoms with Gasteiger partial charge in [-0.2, -0.15) is 0 Å². The van der Waals surface area contributed by atoms with Crippen molar-refractivity contribution in [2.45, 2.75) is 6.42 Å². The minimum Gasteiger partial charge on any atom is -0.497 e. The Morgan fingerprint density at radius 1 is 1.23 bits per heavy atom. The number of urea groups is 1. The zero-order chi connectivity index (χ0) is 15.9. The lowest BCUT2D eigenvalue weighted by atomic mass is 10.1. The molecule has 2 aromatic rings. The Morgan fingerprint density at radius 2 is 2.00 bits per heavy atom. The van der Waals surface area contributed by atoms with E-state index in [9.17, 15) is 4.79 Å². The zero-order valence-electron chi connectivity index (χ0n) is 12.1. The number of nitrogens with one attached hydrogen (secondary N) is 2. The number of amides is 2. The molecule has 5 nitrogen and oxygen atoms in total. The van der Waals surface area contributed by atoms with Crippen LogP contribution in [0.5, 0.6) is 5.75 Å². The topological polar surface area (TPSA) is 70.6 Å². The third-order valence-corrected chi connectivity index (χ3v) is 3.23. The summed E-state index contributed by atoms with van der Waals surface area (Å²) in [6.07, 6.45) is 0.474. The summed E-state index contributed by atoms with van der Waals surface area (Å²) in [5.41, 5.74) is 2.05. The maximum Gasteiger partial charge on any atom is 0.323 e. The van der Waals surface area contributed by atoms with Crippen molar-refractivity contribution in [2.75, 3.05) is 24.4 Å². The molecule has 0 fully saturated rings. The number of carbonyl (C=O) groups is 1. The van der Waals surface area contributed by atoms with Crippen molar-refractivity contribution >= 4 is 29.0 Å². The van der Waals surface area contributed by atoms with Crippen LogP contribution in [0.4, 0.5) is 16.2 Å². The minimum atomic E-state index is -0.394. The molecule has 0 aliphatic rings. The fourth-order valence-electron chi connectivity index (χ4n) is 2.02. The van der Waals surface area contributed by atoms with E-state index in [0.717, 1.165) is 5.56 Å². The van der Waals surface area contributed by atoms with Gasteiger partial charge in [0.1, 0.15) is 5.75 Å². The molecule has 2 aromatic carbocycles. The molecule has 22 heavy (non-hydrogen) atoms. The molecule has 0 bridgehead atoms. The van der Waals surface area contributed by atoms with Gasteiger partial charge in [-0.3, -0.25) is 0 Å². The van der Waals surface area contributed by atoms with Crippen molar-refractivity contribution in [3.05, 3.63) is 53.1 Å². The number of hydrogen-bond donors (Lipinski definition) is 3. The highest BCUT2D eigenvalue weighted by atomic mass is 35.5. The van der Waals surface area contributed by atoms with Gasteiger partial charge in [-0.15, -0.1) is 0 Å². The summed E-state index contributed by atoms with van der Waals surface area (Å²) in [5, 5.41) is 15.0. The number of halogens is 1. The van der Waals surface area contributed by atoms with E-state index in [1.54, 1.807) is 24.3 Å². The van der Waals surface area contributed by atoms with E-state index in [0.29, 0.717) is 28.6 Å². The molecule has 0 aliphatic carbocycles. The predicted octanol–water partition coefficient (Wildman–Crippen LogP) is 3.53. The van der Waals surface area contributed by atoms with Gasteiger partial charge >= 0.3 is 6.03 Å². The van der Waals surface area contributed by atoms with E-state index in [2.05, 4.69) is 10.6 Å². The van der Waals surface area contributed by atoms with Crippen LogP contribution in [0.25, 0.3) is 0 Å². The Morgan fingerprint density at radius 3 is 2.73 bits per heavy atom. The SMILES string of the molecule is COc1cc(Cl)cc(NC(=O)Nc2ccccc2CCO)c1. The average Bonchev–Trinajstić information content (AvgIpc) is 2.48. The van der Waals surface area contributed by atoms with E-state index in [-0.39, 0.29) is 6.61 Å². The number of aliphatic hydroxyl groups excluding tert-OH is 1. The van der Waals surface area contributed by atoms with Crippen molar-refractivity contribution in [3.63, 3.8) is 0 Å². The van der Waals surface area contributed by atoms with Crippen LogP contribution in [-0.2, 0) is 6.42 Å². The first-order valence-corrected chi connectivity index (χ1v) is 7.11. The summed E-state index contributed by atoms with van der Waals surface area (Å²) in [4.78, 5) is 12.1. The maximum absolute atomic E-state index is 12.1. The number of methoxy groups -OCH3 is 1. The van der Waals surface area contributed by atoms with E-state index >= 15 is 0 Å². The molecule has 0 saturated carbocycles. The van der Waals surface area contributed by atoms with Gasteiger partial charge in [0.05, 0.1) is 7.11 Å². The molecule has 0 spiro atoms. The number of rotatable bonds is 5. The highest BCUT2D eigenvalue weighted by Gasteiger charge is 2.08. The summed E-state index contributed by atoms with van der Waals surface area (Å²) in [6, 6.07) is 11.9. The number of benzene rings is 2. The fraction of sp³-hybridized carbons (Fsp3) is 0.188. The lowest BCUT2D eigenvalue weighted by Gasteiger charge is -2.12. The van der Waals surface area contributed by atoms with Crippen LogP contribution in [0, 0.1) is 0 Å². The highest BCUT2D eigenvalue weighted by Crippen LogP contribution is 2.24. The maximum atomic E-state index is 12.1. The molecule has 2 amide bonds. The number of anilines is 2. The minimum absolute atomic E-state index is 0.0196. The second-order valence-corrected chi connectivity index (χ2v) is 5.03. The smallest absolute Gasteiger partial charge is 0.323 e. The lowest BCUT2D eigenvalue weighted by molar-refractivity contribution is 0.262. The van der Waals surface area contributed by atoms with Crippen molar-refractivity contribution in [1.29, 1.82) is 0 Å². The summed E-state index contributed by atoms with van der Waals surface area (Å²) in [5.74, 6) is 0.559. The standard InChI is InChI=1S/C16H17ClN2O3/c1-22-14-9-12(17)8-13(10-14)18-16(21)19-15-5-3-2-4-11(15)6-7-20/h2-5,8-10,20H,6-7H2,1H3,(H2,18,19,21). The van der Waals surface area contributed by atoms with Crippen LogP contribution < -0.4 is 15.4 Å². The van der Waals surface area contributed by atoms with Crippen molar-refractivity contribution in [2.24, 2.45) is 0 Å². The number of carbonyl (C=O) groups excluding carboxylic acids is 1. The summed E-state index contributed by atoms with van der Waals surface area (Å²) >= 11 is 5.96. The number of aliphatic hydroxyl groups is 1. The number of para-hydroxylation sites is 1. The normalized spacial score (nSPS) is 10.1. The van der Waals surface area contributed by atoms with Gasteiger partial charge in [0.15, 0.2) is 0 Å². The molecule has 0 radical (unpaired) electrons. The van der Waals surface area contributed by atoms with E-state index in [4.69, 9.17) is 21.4 Å². The Bertz CT molecular complexity index is 662. The van der Waals surface area contributed by atoms with Gasteiger partial charge in [-0.25, -0.2) is 4.79 Å². The molecular formula is C16H17ClN2O3. The molecule has 0 aromatic heterocycles. The Hall–Kier alpha value is -2.24. The van der Waals surface area contributed by atoms with E-state index in [1.807, 2.05) is 18.2 Å². The number of ether oxygens (including phenoxy) is 1. The number of hydrogen-bond acceptors (Lipinski definition) is 3. The first-order chi connectivity index (χ1) is 10.6. The predicted molar refractivity (Wildman–Crippen MR) is 87.9 cm³/mol. The van der Waals surface area contributed by atoms with Crippen LogP contribution in [0.15, 0.2) is 42.5 Å². The quantitative estimate of drug-likeness (QED) is 0.789. The lowest BCUT2D eigenvalue weighted by Crippen LogP contribution is -2.20. The average molecular weight is 321 g/mol. The van der Waals surface area contributed by atoms with Gasteiger partial charge in [0, 0.05) is 29.1 Å². The van der Waals surface area contributed by atoms with Crippen LogP contribution in [-0.4, -0.2) is 24.9 Å². The first-order valence-electron chi connectivity index (χ1n) is 6.73.